The van der Waals surface area contributed by atoms with Crippen molar-refractivity contribution in [3.05, 3.63) is 35.4 Å². The zero-order valence-corrected chi connectivity index (χ0v) is 9.57. The minimum atomic E-state index is 0.0174. The van der Waals surface area contributed by atoms with Gasteiger partial charge in [-0.05, 0) is 43.9 Å². The molecule has 1 amide bonds. The van der Waals surface area contributed by atoms with Crippen LogP contribution in [0.25, 0.3) is 0 Å². The summed E-state index contributed by atoms with van der Waals surface area (Å²) in [6.07, 6.45) is 3.46. The molecule has 86 valence electrons. The van der Waals surface area contributed by atoms with Gasteiger partial charge in [0.05, 0.1) is 0 Å². The van der Waals surface area contributed by atoms with Gasteiger partial charge >= 0.3 is 0 Å². The molecule has 1 fully saturated rings. The van der Waals surface area contributed by atoms with Crippen molar-refractivity contribution in [2.75, 3.05) is 0 Å². The Labute approximate surface area is 96.0 Å². The summed E-state index contributed by atoms with van der Waals surface area (Å²) in [5.41, 5.74) is 7.53. The molecule has 3 heteroatoms. The highest BCUT2D eigenvalue weighted by Crippen LogP contribution is 2.19. The van der Waals surface area contributed by atoms with Gasteiger partial charge in [-0.2, -0.15) is 0 Å². The molecule has 1 saturated carbocycles. The first-order valence-electron chi connectivity index (χ1n) is 5.83. The van der Waals surface area contributed by atoms with Gasteiger partial charge in [0, 0.05) is 17.6 Å². The van der Waals surface area contributed by atoms with Gasteiger partial charge in [0.2, 0.25) is 0 Å². The number of rotatable bonds is 3. The third-order valence-electron chi connectivity index (χ3n) is 3.14. The van der Waals surface area contributed by atoms with Crippen LogP contribution < -0.4 is 11.1 Å². The predicted octanol–water partition coefficient (Wildman–Crippen LogP) is 1.99. The SMILES string of the molecule is CC(N)c1ccc(C(=O)NC2CCC2)cc1. The standard InChI is InChI=1S/C13H18N2O/c1-9(14)10-5-7-11(8-6-10)13(16)15-12-3-2-4-12/h5-9,12H,2-4,14H2,1H3,(H,15,16). The Hall–Kier alpha value is -1.35. The topological polar surface area (TPSA) is 55.1 Å². The van der Waals surface area contributed by atoms with Gasteiger partial charge in [-0.3, -0.25) is 4.79 Å². The van der Waals surface area contributed by atoms with Crippen LogP contribution in [-0.4, -0.2) is 11.9 Å². The van der Waals surface area contributed by atoms with Crippen LogP contribution in [0.4, 0.5) is 0 Å². The van der Waals surface area contributed by atoms with Gasteiger partial charge in [0.1, 0.15) is 0 Å². The summed E-state index contributed by atoms with van der Waals surface area (Å²) < 4.78 is 0. The lowest BCUT2D eigenvalue weighted by Crippen LogP contribution is -2.39. The first kappa shape index (κ1) is 11.1. The van der Waals surface area contributed by atoms with Gasteiger partial charge < -0.3 is 11.1 Å². The summed E-state index contributed by atoms with van der Waals surface area (Å²) in [6.45, 7) is 1.93. The Balaban J connectivity index is 2.00. The molecule has 16 heavy (non-hydrogen) atoms. The Kier molecular flexibility index (Phi) is 3.25. The highest BCUT2D eigenvalue weighted by atomic mass is 16.1. The van der Waals surface area contributed by atoms with Gasteiger partial charge in [-0.15, -0.1) is 0 Å². The maximum absolute atomic E-state index is 11.8. The van der Waals surface area contributed by atoms with E-state index < -0.39 is 0 Å². The Bertz CT molecular complexity index is 366. The molecule has 3 nitrogen and oxygen atoms in total. The largest absolute Gasteiger partial charge is 0.349 e. The average molecular weight is 218 g/mol. The van der Waals surface area contributed by atoms with Crippen LogP contribution in [-0.2, 0) is 0 Å². The maximum Gasteiger partial charge on any atom is 0.251 e. The summed E-state index contributed by atoms with van der Waals surface area (Å²) >= 11 is 0. The van der Waals surface area contributed by atoms with Gasteiger partial charge in [-0.1, -0.05) is 12.1 Å². The summed E-state index contributed by atoms with van der Waals surface area (Å²) in [4.78, 5) is 11.8. The van der Waals surface area contributed by atoms with Crippen LogP contribution in [0.5, 0.6) is 0 Å². The van der Waals surface area contributed by atoms with E-state index in [2.05, 4.69) is 5.32 Å². The molecule has 0 bridgehead atoms. The van der Waals surface area contributed by atoms with E-state index in [1.165, 1.54) is 6.42 Å². The number of hydrogen-bond donors (Lipinski definition) is 2. The number of nitrogens with one attached hydrogen (secondary N) is 1. The number of amides is 1. The first-order chi connectivity index (χ1) is 7.66. The number of nitrogens with two attached hydrogens (primary N) is 1. The summed E-state index contributed by atoms with van der Waals surface area (Å²) in [6, 6.07) is 7.92. The fraction of sp³-hybridized carbons (Fsp3) is 0.462. The molecule has 0 saturated heterocycles. The van der Waals surface area contributed by atoms with E-state index in [0.717, 1.165) is 24.0 Å². The highest BCUT2D eigenvalue weighted by molar-refractivity contribution is 5.94. The predicted molar refractivity (Wildman–Crippen MR) is 64.1 cm³/mol. The lowest BCUT2D eigenvalue weighted by atomic mass is 9.93. The van der Waals surface area contributed by atoms with E-state index in [1.54, 1.807) is 0 Å². The number of carbonyl (C=O) groups excluding carboxylic acids is 1. The quantitative estimate of drug-likeness (QED) is 0.815. The Morgan fingerprint density at radius 3 is 2.44 bits per heavy atom. The molecule has 1 aliphatic rings. The molecule has 0 heterocycles. The Morgan fingerprint density at radius 1 is 1.38 bits per heavy atom. The molecular weight excluding hydrogens is 200 g/mol. The molecule has 1 aromatic carbocycles. The first-order valence-corrected chi connectivity index (χ1v) is 5.83. The molecular formula is C13H18N2O. The molecule has 1 atom stereocenters. The lowest BCUT2D eigenvalue weighted by molar-refractivity contribution is 0.0917. The summed E-state index contributed by atoms with van der Waals surface area (Å²) in [5, 5.41) is 3.01. The van der Waals surface area contributed by atoms with Crippen LogP contribution in [0.15, 0.2) is 24.3 Å². The van der Waals surface area contributed by atoms with Gasteiger partial charge in [0.15, 0.2) is 0 Å². The van der Waals surface area contributed by atoms with Crippen molar-refractivity contribution in [2.24, 2.45) is 5.73 Å². The molecule has 1 aliphatic carbocycles. The van der Waals surface area contributed by atoms with Crippen LogP contribution in [0.2, 0.25) is 0 Å². The van der Waals surface area contributed by atoms with E-state index >= 15 is 0 Å². The monoisotopic (exact) mass is 218 g/mol. The van der Waals surface area contributed by atoms with Crippen molar-refractivity contribution < 1.29 is 4.79 Å². The second kappa shape index (κ2) is 4.66. The zero-order chi connectivity index (χ0) is 11.5. The fourth-order valence-electron chi connectivity index (χ4n) is 1.76. The van der Waals surface area contributed by atoms with Crippen molar-refractivity contribution in [1.29, 1.82) is 0 Å². The lowest BCUT2D eigenvalue weighted by Gasteiger charge is -2.26. The smallest absolute Gasteiger partial charge is 0.251 e. The van der Waals surface area contributed by atoms with Crippen LogP contribution >= 0.6 is 0 Å². The van der Waals surface area contributed by atoms with Crippen LogP contribution in [0.3, 0.4) is 0 Å². The minimum absolute atomic E-state index is 0.0174. The minimum Gasteiger partial charge on any atom is -0.349 e. The third kappa shape index (κ3) is 2.42. The fourth-order valence-corrected chi connectivity index (χ4v) is 1.76. The van der Waals surface area contributed by atoms with E-state index in [0.29, 0.717) is 6.04 Å². The van der Waals surface area contributed by atoms with Crippen LogP contribution in [0, 0.1) is 0 Å². The van der Waals surface area contributed by atoms with Gasteiger partial charge in [-0.25, -0.2) is 0 Å². The summed E-state index contributed by atoms with van der Waals surface area (Å²) in [7, 11) is 0. The molecule has 1 aromatic rings. The van der Waals surface area contributed by atoms with Crippen molar-refractivity contribution in [1.82, 2.24) is 5.32 Å². The maximum atomic E-state index is 11.8. The third-order valence-corrected chi connectivity index (χ3v) is 3.14. The van der Waals surface area contributed by atoms with E-state index in [-0.39, 0.29) is 11.9 Å². The van der Waals surface area contributed by atoms with Crippen molar-refractivity contribution >= 4 is 5.91 Å². The Morgan fingerprint density at radius 2 is 2.00 bits per heavy atom. The number of hydrogen-bond acceptors (Lipinski definition) is 2. The second-order valence-corrected chi connectivity index (χ2v) is 4.51. The molecule has 1 unspecified atom stereocenters. The van der Waals surface area contributed by atoms with Crippen LogP contribution in [0.1, 0.15) is 48.1 Å². The molecule has 0 spiro atoms. The zero-order valence-electron chi connectivity index (χ0n) is 9.57. The molecule has 2 rings (SSSR count). The molecule has 0 aliphatic heterocycles. The number of carbonyl (C=O) groups is 1. The molecule has 0 radical (unpaired) electrons. The van der Waals surface area contributed by atoms with E-state index in [4.69, 9.17) is 5.73 Å². The van der Waals surface area contributed by atoms with E-state index in [9.17, 15) is 4.79 Å². The van der Waals surface area contributed by atoms with Crippen molar-refractivity contribution in [3.8, 4) is 0 Å². The molecule has 0 aromatic heterocycles. The average Bonchev–Trinajstić information content (AvgIpc) is 2.23. The summed E-state index contributed by atoms with van der Waals surface area (Å²) in [5.74, 6) is 0.0286. The second-order valence-electron chi connectivity index (χ2n) is 4.51. The van der Waals surface area contributed by atoms with E-state index in [1.807, 2.05) is 31.2 Å². The molecule has 3 N–H and O–H groups in total. The highest BCUT2D eigenvalue weighted by Gasteiger charge is 2.19. The number of benzene rings is 1. The van der Waals surface area contributed by atoms with Gasteiger partial charge in [0.25, 0.3) is 5.91 Å². The normalized spacial score (nSPS) is 17.6. The van der Waals surface area contributed by atoms with Crippen molar-refractivity contribution in [3.63, 3.8) is 0 Å². The van der Waals surface area contributed by atoms with Crippen molar-refractivity contribution in [2.45, 2.75) is 38.3 Å².